The Morgan fingerprint density at radius 3 is 2.55 bits per heavy atom. The second kappa shape index (κ2) is 7.75. The summed E-state index contributed by atoms with van der Waals surface area (Å²) in [6.45, 7) is 6.16. The lowest BCUT2D eigenvalue weighted by molar-refractivity contribution is -0.144. The van der Waals surface area contributed by atoms with Crippen LogP contribution in [-0.4, -0.2) is 17.9 Å². The molecule has 0 radical (unpaired) electrons. The standard InChI is InChI=1S/C24H28BrNO3/c1-14-20(23(28)29-15-8-4-5-9-15)21(16-10-6-7-11-17(16)25)22-18(26-14)12-24(2,3)13-19(22)27/h6-7,10-11,15,21,26H,4-5,8-9,12-13H2,1-3H3/t21-/m1/s1. The fourth-order valence-electron chi connectivity index (χ4n) is 4.95. The topological polar surface area (TPSA) is 55.4 Å². The molecule has 0 aromatic heterocycles. The van der Waals surface area contributed by atoms with E-state index in [2.05, 4.69) is 35.1 Å². The highest BCUT2D eigenvalue weighted by Crippen LogP contribution is 2.48. The molecule has 0 amide bonds. The van der Waals surface area contributed by atoms with Crippen LogP contribution in [0.4, 0.5) is 0 Å². The Morgan fingerprint density at radius 1 is 1.17 bits per heavy atom. The lowest BCUT2D eigenvalue weighted by atomic mass is 9.68. The van der Waals surface area contributed by atoms with Crippen LogP contribution in [0.15, 0.2) is 51.3 Å². The molecule has 0 spiro atoms. The van der Waals surface area contributed by atoms with Crippen LogP contribution in [0.3, 0.4) is 0 Å². The van der Waals surface area contributed by atoms with Crippen LogP contribution in [0.1, 0.15) is 70.8 Å². The van der Waals surface area contributed by atoms with E-state index in [1.54, 1.807) is 0 Å². The van der Waals surface area contributed by atoms with Crippen LogP contribution in [0.25, 0.3) is 0 Å². The van der Waals surface area contributed by atoms with Gasteiger partial charge in [-0.1, -0.05) is 48.0 Å². The number of Topliss-reactive ketones (excluding diaryl/α,β-unsaturated/α-hetero) is 1. The third-order valence-corrected chi connectivity index (χ3v) is 6.97. The Kier molecular flexibility index (Phi) is 5.45. The van der Waals surface area contributed by atoms with Gasteiger partial charge in [-0.3, -0.25) is 4.79 Å². The summed E-state index contributed by atoms with van der Waals surface area (Å²) in [6, 6.07) is 7.86. The number of hydrogen-bond acceptors (Lipinski definition) is 4. The number of halogens is 1. The number of carbonyl (C=O) groups excluding carboxylic acids is 2. The number of nitrogens with one attached hydrogen (secondary N) is 1. The zero-order valence-electron chi connectivity index (χ0n) is 17.3. The van der Waals surface area contributed by atoms with Gasteiger partial charge in [0.1, 0.15) is 6.10 Å². The van der Waals surface area contributed by atoms with Crippen LogP contribution in [0.5, 0.6) is 0 Å². The van der Waals surface area contributed by atoms with Crippen LogP contribution in [0.2, 0.25) is 0 Å². The number of hydrogen-bond donors (Lipinski definition) is 1. The third-order valence-electron chi connectivity index (χ3n) is 6.25. The molecule has 1 heterocycles. The molecule has 29 heavy (non-hydrogen) atoms. The molecule has 1 fully saturated rings. The van der Waals surface area contributed by atoms with Gasteiger partial charge in [-0.15, -0.1) is 0 Å². The maximum atomic E-state index is 13.3. The highest BCUT2D eigenvalue weighted by atomic mass is 79.9. The minimum absolute atomic E-state index is 0.0148. The maximum absolute atomic E-state index is 13.3. The highest BCUT2D eigenvalue weighted by Gasteiger charge is 2.44. The minimum atomic E-state index is -0.403. The molecular formula is C24H28BrNO3. The van der Waals surface area contributed by atoms with Gasteiger partial charge in [-0.2, -0.15) is 0 Å². The van der Waals surface area contributed by atoms with Crippen molar-refractivity contribution >= 4 is 27.7 Å². The summed E-state index contributed by atoms with van der Waals surface area (Å²) in [5.41, 5.74) is 3.87. The van der Waals surface area contributed by atoms with Crippen molar-refractivity contribution in [1.82, 2.24) is 5.32 Å². The molecule has 1 saturated carbocycles. The Hall–Kier alpha value is -1.88. The van der Waals surface area contributed by atoms with E-state index in [4.69, 9.17) is 4.74 Å². The molecule has 5 heteroatoms. The van der Waals surface area contributed by atoms with Gasteiger partial charge < -0.3 is 10.1 Å². The van der Waals surface area contributed by atoms with Gasteiger partial charge >= 0.3 is 5.97 Å². The first kappa shape index (κ1) is 20.4. The van der Waals surface area contributed by atoms with Gasteiger partial charge in [0.15, 0.2) is 5.78 Å². The zero-order chi connectivity index (χ0) is 20.8. The van der Waals surface area contributed by atoms with Crippen molar-refractivity contribution < 1.29 is 14.3 Å². The number of rotatable bonds is 3. The average Bonchev–Trinajstić information content (AvgIpc) is 3.12. The Labute approximate surface area is 180 Å². The van der Waals surface area contributed by atoms with Gasteiger partial charge in [0.05, 0.1) is 5.57 Å². The number of dihydropyridines is 1. The van der Waals surface area contributed by atoms with E-state index in [0.717, 1.165) is 59.1 Å². The number of allylic oxidation sites excluding steroid dienone is 3. The molecule has 1 N–H and O–H groups in total. The number of carbonyl (C=O) groups is 2. The van der Waals surface area contributed by atoms with Crippen molar-refractivity contribution in [2.24, 2.45) is 5.41 Å². The molecule has 1 aromatic carbocycles. The molecule has 2 aliphatic carbocycles. The zero-order valence-corrected chi connectivity index (χ0v) is 18.9. The van der Waals surface area contributed by atoms with Crippen molar-refractivity contribution in [2.45, 2.75) is 71.3 Å². The molecule has 0 bridgehead atoms. The first-order chi connectivity index (χ1) is 13.8. The van der Waals surface area contributed by atoms with Gasteiger partial charge in [-0.05, 0) is 56.1 Å². The highest BCUT2D eigenvalue weighted by molar-refractivity contribution is 9.10. The van der Waals surface area contributed by atoms with E-state index >= 15 is 0 Å². The molecule has 1 aliphatic heterocycles. The lowest BCUT2D eigenvalue weighted by Gasteiger charge is -2.39. The second-order valence-corrected chi connectivity index (χ2v) is 10.1. The Morgan fingerprint density at radius 2 is 1.86 bits per heavy atom. The SMILES string of the molecule is CC1=C(C(=O)OC2CCCC2)[C@@H](c2ccccc2Br)C2=C(CC(C)(C)CC2=O)N1. The Bertz CT molecular complexity index is 922. The molecule has 0 saturated heterocycles. The molecular weight excluding hydrogens is 430 g/mol. The van der Waals surface area contributed by atoms with Crippen molar-refractivity contribution in [1.29, 1.82) is 0 Å². The third kappa shape index (κ3) is 3.94. The van der Waals surface area contributed by atoms with Crippen molar-refractivity contribution in [3.05, 3.63) is 56.8 Å². The summed E-state index contributed by atoms with van der Waals surface area (Å²) in [6.07, 6.45) is 5.31. The maximum Gasteiger partial charge on any atom is 0.337 e. The predicted octanol–water partition coefficient (Wildman–Crippen LogP) is 5.54. The molecule has 3 aliphatic rings. The largest absolute Gasteiger partial charge is 0.459 e. The van der Waals surface area contributed by atoms with Gasteiger partial charge in [0, 0.05) is 33.8 Å². The Balaban J connectivity index is 1.80. The summed E-state index contributed by atoms with van der Waals surface area (Å²) in [5, 5.41) is 3.40. The number of ether oxygens (including phenoxy) is 1. The number of ketones is 1. The van der Waals surface area contributed by atoms with Crippen LogP contribution >= 0.6 is 15.9 Å². The van der Waals surface area contributed by atoms with Gasteiger partial charge in [0.25, 0.3) is 0 Å². The summed E-state index contributed by atoms with van der Waals surface area (Å²) < 4.78 is 6.78. The first-order valence-corrected chi connectivity index (χ1v) is 11.3. The van der Waals surface area contributed by atoms with E-state index in [0.29, 0.717) is 12.0 Å². The van der Waals surface area contributed by atoms with Crippen LogP contribution in [-0.2, 0) is 14.3 Å². The molecule has 1 aromatic rings. The van der Waals surface area contributed by atoms with Crippen molar-refractivity contribution in [3.8, 4) is 0 Å². The fourth-order valence-corrected chi connectivity index (χ4v) is 5.46. The predicted molar refractivity (Wildman–Crippen MR) is 116 cm³/mol. The fraction of sp³-hybridized carbons (Fsp3) is 0.500. The molecule has 4 nitrogen and oxygen atoms in total. The first-order valence-electron chi connectivity index (χ1n) is 10.5. The molecule has 0 unspecified atom stereocenters. The van der Waals surface area contributed by atoms with E-state index in [1.165, 1.54) is 0 Å². The quantitative estimate of drug-likeness (QED) is 0.605. The average molecular weight is 458 g/mol. The lowest BCUT2D eigenvalue weighted by Crippen LogP contribution is -2.39. The van der Waals surface area contributed by atoms with Crippen LogP contribution < -0.4 is 5.32 Å². The van der Waals surface area contributed by atoms with Gasteiger partial charge in [0.2, 0.25) is 0 Å². The summed E-state index contributed by atoms with van der Waals surface area (Å²) in [7, 11) is 0. The van der Waals surface area contributed by atoms with E-state index < -0.39 is 5.92 Å². The molecule has 1 atom stereocenters. The second-order valence-electron chi connectivity index (χ2n) is 9.26. The number of benzene rings is 1. The van der Waals surface area contributed by atoms with E-state index in [-0.39, 0.29) is 23.3 Å². The normalized spacial score (nSPS) is 24.4. The van der Waals surface area contributed by atoms with Crippen molar-refractivity contribution in [3.63, 3.8) is 0 Å². The van der Waals surface area contributed by atoms with Crippen molar-refractivity contribution in [2.75, 3.05) is 0 Å². The summed E-state index contributed by atoms with van der Waals surface area (Å²) >= 11 is 3.65. The summed E-state index contributed by atoms with van der Waals surface area (Å²) in [5.74, 6) is -0.589. The minimum Gasteiger partial charge on any atom is -0.459 e. The molecule has 4 rings (SSSR count). The molecule has 154 valence electrons. The van der Waals surface area contributed by atoms with Crippen LogP contribution in [0, 0.1) is 5.41 Å². The van der Waals surface area contributed by atoms with E-state index in [9.17, 15) is 9.59 Å². The number of esters is 1. The van der Waals surface area contributed by atoms with E-state index in [1.807, 2.05) is 31.2 Å². The summed E-state index contributed by atoms with van der Waals surface area (Å²) in [4.78, 5) is 26.6. The monoisotopic (exact) mass is 457 g/mol. The smallest absolute Gasteiger partial charge is 0.337 e. The van der Waals surface area contributed by atoms with Gasteiger partial charge in [-0.25, -0.2) is 4.79 Å².